The van der Waals surface area contributed by atoms with Crippen LogP contribution in [0.15, 0.2) is 42.7 Å². The first-order valence-electron chi connectivity index (χ1n) is 5.35. The Balaban J connectivity index is 2.26. The number of anilines is 2. The molecule has 0 unspecified atom stereocenters. The van der Waals surface area contributed by atoms with Crippen LogP contribution in [0.25, 0.3) is 0 Å². The molecule has 0 atom stereocenters. The van der Waals surface area contributed by atoms with Crippen molar-refractivity contribution in [2.24, 2.45) is 0 Å². The Morgan fingerprint density at radius 3 is 2.32 bits per heavy atom. The molecule has 0 spiro atoms. The molecule has 2 aromatic rings. The third-order valence-corrected chi connectivity index (χ3v) is 2.38. The van der Waals surface area contributed by atoms with Gasteiger partial charge < -0.3 is 15.5 Å². The highest BCUT2D eigenvalue weighted by Crippen LogP contribution is 2.18. The van der Waals surface area contributed by atoms with E-state index in [1.54, 1.807) is 12.1 Å². The van der Waals surface area contributed by atoms with Crippen LogP contribution in [0.5, 0.6) is 0 Å². The molecule has 0 aliphatic heterocycles. The Labute approximate surface area is 108 Å². The van der Waals surface area contributed by atoms with Crippen molar-refractivity contribution in [2.45, 2.75) is 0 Å². The maximum Gasteiger partial charge on any atom is 0.337 e. The predicted molar refractivity (Wildman–Crippen MR) is 67.9 cm³/mol. The first-order valence-corrected chi connectivity index (χ1v) is 5.35. The van der Waals surface area contributed by atoms with Crippen LogP contribution in [-0.4, -0.2) is 27.1 Å². The minimum absolute atomic E-state index is 0.0550. The molecule has 0 bridgehead atoms. The largest absolute Gasteiger partial charge is 0.478 e. The fourth-order valence-electron chi connectivity index (χ4n) is 1.52. The Morgan fingerprint density at radius 1 is 0.947 bits per heavy atom. The molecule has 0 aliphatic rings. The van der Waals surface area contributed by atoms with E-state index in [2.05, 4.69) is 10.3 Å². The third-order valence-electron chi connectivity index (χ3n) is 2.38. The summed E-state index contributed by atoms with van der Waals surface area (Å²) in [7, 11) is 0. The summed E-state index contributed by atoms with van der Waals surface area (Å²) < 4.78 is 0. The smallest absolute Gasteiger partial charge is 0.337 e. The average Bonchev–Trinajstić information content (AvgIpc) is 2.39. The monoisotopic (exact) mass is 258 g/mol. The molecular formula is C13H10N2O4. The molecule has 1 aromatic heterocycles. The molecular weight excluding hydrogens is 248 g/mol. The fraction of sp³-hybridized carbons (Fsp3) is 0. The van der Waals surface area contributed by atoms with Gasteiger partial charge in [-0.1, -0.05) is 6.07 Å². The van der Waals surface area contributed by atoms with Crippen molar-refractivity contribution in [2.75, 3.05) is 5.32 Å². The van der Waals surface area contributed by atoms with E-state index in [0.717, 1.165) is 0 Å². The van der Waals surface area contributed by atoms with Crippen molar-refractivity contribution in [1.29, 1.82) is 0 Å². The van der Waals surface area contributed by atoms with E-state index in [9.17, 15) is 9.59 Å². The standard InChI is InChI=1S/C13H10N2O4/c16-12(17)8-2-1-3-10(4-8)15-11-5-9(13(18)19)6-14-7-11/h1-7,15H,(H,16,17)(H,18,19). The van der Waals surface area contributed by atoms with E-state index >= 15 is 0 Å². The van der Waals surface area contributed by atoms with Crippen LogP contribution >= 0.6 is 0 Å². The summed E-state index contributed by atoms with van der Waals surface area (Å²) in [5.41, 5.74) is 1.22. The van der Waals surface area contributed by atoms with Gasteiger partial charge in [-0.05, 0) is 24.3 Å². The lowest BCUT2D eigenvalue weighted by Crippen LogP contribution is -2.00. The lowest BCUT2D eigenvalue weighted by molar-refractivity contribution is 0.0686. The highest BCUT2D eigenvalue weighted by molar-refractivity contribution is 5.90. The first kappa shape index (κ1) is 12.6. The average molecular weight is 258 g/mol. The van der Waals surface area contributed by atoms with Gasteiger partial charge in [0.2, 0.25) is 0 Å². The number of aromatic carboxylic acids is 2. The number of carbonyl (C=O) groups is 2. The second-order valence-corrected chi connectivity index (χ2v) is 3.78. The quantitative estimate of drug-likeness (QED) is 0.777. The molecule has 6 heteroatoms. The number of pyridine rings is 1. The number of carboxylic acid groups (broad SMARTS) is 2. The molecule has 1 aromatic carbocycles. The molecule has 96 valence electrons. The zero-order valence-electron chi connectivity index (χ0n) is 9.70. The fourth-order valence-corrected chi connectivity index (χ4v) is 1.52. The molecule has 0 fully saturated rings. The molecule has 6 nitrogen and oxygen atoms in total. The topological polar surface area (TPSA) is 99.5 Å². The molecule has 0 saturated carbocycles. The molecule has 2 rings (SSSR count). The van der Waals surface area contributed by atoms with Crippen molar-refractivity contribution in [1.82, 2.24) is 4.98 Å². The van der Waals surface area contributed by atoms with Crippen molar-refractivity contribution < 1.29 is 19.8 Å². The van der Waals surface area contributed by atoms with Crippen LogP contribution in [0.3, 0.4) is 0 Å². The summed E-state index contributed by atoms with van der Waals surface area (Å²) in [6, 6.07) is 7.62. The van der Waals surface area contributed by atoms with Crippen LogP contribution in [0, 0.1) is 0 Å². The van der Waals surface area contributed by atoms with Crippen LogP contribution in [0.2, 0.25) is 0 Å². The van der Waals surface area contributed by atoms with Crippen LogP contribution in [0.4, 0.5) is 11.4 Å². The molecule has 0 amide bonds. The number of nitrogens with zero attached hydrogens (tertiary/aromatic N) is 1. The van der Waals surface area contributed by atoms with Crippen molar-refractivity contribution in [3.8, 4) is 0 Å². The number of hydrogen-bond acceptors (Lipinski definition) is 4. The number of benzene rings is 1. The second kappa shape index (κ2) is 5.18. The normalized spacial score (nSPS) is 9.89. The van der Waals surface area contributed by atoms with E-state index in [4.69, 9.17) is 10.2 Å². The van der Waals surface area contributed by atoms with Gasteiger partial charge in [-0.15, -0.1) is 0 Å². The minimum atomic E-state index is -1.07. The summed E-state index contributed by atoms with van der Waals surface area (Å²) in [4.78, 5) is 25.4. The van der Waals surface area contributed by atoms with Gasteiger partial charge in [0.1, 0.15) is 0 Å². The number of carboxylic acids is 2. The van der Waals surface area contributed by atoms with Crippen molar-refractivity contribution in [3.63, 3.8) is 0 Å². The molecule has 0 radical (unpaired) electrons. The Kier molecular flexibility index (Phi) is 3.42. The van der Waals surface area contributed by atoms with Gasteiger partial charge in [0.25, 0.3) is 0 Å². The Morgan fingerprint density at radius 2 is 1.63 bits per heavy atom. The Hall–Kier alpha value is -2.89. The lowest BCUT2D eigenvalue weighted by atomic mass is 10.2. The van der Waals surface area contributed by atoms with Gasteiger partial charge in [-0.2, -0.15) is 0 Å². The van der Waals surface area contributed by atoms with E-state index in [1.807, 2.05) is 0 Å². The Bertz CT molecular complexity index is 585. The highest BCUT2D eigenvalue weighted by atomic mass is 16.4. The lowest BCUT2D eigenvalue weighted by Gasteiger charge is -2.07. The van der Waals surface area contributed by atoms with Gasteiger partial charge in [-0.25, -0.2) is 9.59 Å². The minimum Gasteiger partial charge on any atom is -0.478 e. The SMILES string of the molecule is O=C(O)c1cccc(Nc2cncc(C(=O)O)c2)c1. The van der Waals surface area contributed by atoms with E-state index < -0.39 is 11.9 Å². The number of nitrogens with one attached hydrogen (secondary N) is 1. The van der Waals surface area contributed by atoms with Crippen LogP contribution < -0.4 is 5.32 Å². The highest BCUT2D eigenvalue weighted by Gasteiger charge is 2.06. The molecule has 1 heterocycles. The summed E-state index contributed by atoms with van der Waals surface area (Å²) in [5.74, 6) is -2.10. The maximum atomic E-state index is 10.8. The molecule has 19 heavy (non-hydrogen) atoms. The van der Waals surface area contributed by atoms with Gasteiger partial charge in [0.05, 0.1) is 23.0 Å². The van der Waals surface area contributed by atoms with Crippen molar-refractivity contribution >= 4 is 23.3 Å². The first-order chi connectivity index (χ1) is 9.06. The zero-order chi connectivity index (χ0) is 13.8. The summed E-state index contributed by atoms with van der Waals surface area (Å²) in [5, 5.41) is 20.6. The van der Waals surface area contributed by atoms with Gasteiger partial charge in [0.15, 0.2) is 0 Å². The molecule has 0 saturated heterocycles. The van der Waals surface area contributed by atoms with Gasteiger partial charge in [0, 0.05) is 11.9 Å². The molecule has 0 aliphatic carbocycles. The van der Waals surface area contributed by atoms with Gasteiger partial charge in [-0.3, -0.25) is 4.98 Å². The summed E-state index contributed by atoms with van der Waals surface area (Å²) >= 11 is 0. The number of aromatic nitrogens is 1. The van der Waals surface area contributed by atoms with Crippen LogP contribution in [0.1, 0.15) is 20.7 Å². The van der Waals surface area contributed by atoms with Gasteiger partial charge >= 0.3 is 11.9 Å². The number of hydrogen-bond donors (Lipinski definition) is 3. The van der Waals surface area contributed by atoms with Crippen LogP contribution in [-0.2, 0) is 0 Å². The second-order valence-electron chi connectivity index (χ2n) is 3.78. The van der Waals surface area contributed by atoms with Crippen molar-refractivity contribution in [3.05, 3.63) is 53.9 Å². The number of rotatable bonds is 4. The van der Waals surface area contributed by atoms with E-state index in [-0.39, 0.29) is 11.1 Å². The van der Waals surface area contributed by atoms with E-state index in [1.165, 1.54) is 30.6 Å². The zero-order valence-corrected chi connectivity index (χ0v) is 9.70. The summed E-state index contributed by atoms with van der Waals surface area (Å²) in [6.45, 7) is 0. The molecule has 3 N–H and O–H groups in total. The van der Waals surface area contributed by atoms with E-state index in [0.29, 0.717) is 11.4 Å². The maximum absolute atomic E-state index is 10.8. The third kappa shape index (κ3) is 3.06. The predicted octanol–water partition coefficient (Wildman–Crippen LogP) is 2.22. The summed E-state index contributed by atoms with van der Waals surface area (Å²) in [6.07, 6.45) is 2.70.